The van der Waals surface area contributed by atoms with Crippen LogP contribution in [0.4, 0.5) is 5.69 Å². The van der Waals surface area contributed by atoms with Gasteiger partial charge in [-0.05, 0) is 25.5 Å². The predicted octanol–water partition coefficient (Wildman–Crippen LogP) is 0.207. The second-order valence-corrected chi connectivity index (χ2v) is 4.36. The van der Waals surface area contributed by atoms with Gasteiger partial charge in [-0.3, -0.25) is 4.79 Å². The van der Waals surface area contributed by atoms with Gasteiger partial charge in [-0.25, -0.2) is 4.98 Å². The zero-order valence-corrected chi connectivity index (χ0v) is 10.3. The van der Waals surface area contributed by atoms with Gasteiger partial charge in [0.1, 0.15) is 0 Å². The summed E-state index contributed by atoms with van der Waals surface area (Å²) in [5, 5.41) is 3.28. The number of anilines is 1. The summed E-state index contributed by atoms with van der Waals surface area (Å²) in [4.78, 5) is 17.9. The molecule has 1 aromatic heterocycles. The monoisotopic (exact) mass is 234 g/mol. The second-order valence-electron chi connectivity index (χ2n) is 4.36. The first-order valence-electron chi connectivity index (χ1n) is 5.83. The van der Waals surface area contributed by atoms with Gasteiger partial charge in [0.15, 0.2) is 5.69 Å². The summed E-state index contributed by atoms with van der Waals surface area (Å²) in [7, 11) is 0. The number of nitrogens with one attached hydrogen (secondary N) is 1. The summed E-state index contributed by atoms with van der Waals surface area (Å²) in [6.45, 7) is 7.49. The van der Waals surface area contributed by atoms with Crippen LogP contribution in [0.2, 0.25) is 0 Å². The number of carbonyl (C=O) groups is 1. The molecule has 0 radical (unpaired) electrons. The van der Waals surface area contributed by atoms with Crippen molar-refractivity contribution in [2.75, 3.05) is 31.1 Å². The van der Waals surface area contributed by atoms with Crippen molar-refractivity contribution in [3.05, 3.63) is 23.0 Å². The maximum atomic E-state index is 11.4. The number of rotatable bonds is 2. The highest BCUT2D eigenvalue weighted by molar-refractivity contribution is 5.96. The largest absolute Gasteiger partial charge is 0.367 e. The molecule has 0 spiro atoms. The van der Waals surface area contributed by atoms with Crippen LogP contribution in [0.3, 0.4) is 0 Å². The number of nitrogens with zero attached hydrogens (tertiary/aromatic N) is 2. The van der Waals surface area contributed by atoms with Gasteiger partial charge in [0.25, 0.3) is 5.91 Å². The molecule has 1 amide bonds. The van der Waals surface area contributed by atoms with Gasteiger partial charge in [-0.1, -0.05) is 0 Å². The lowest BCUT2D eigenvalue weighted by atomic mass is 10.1. The lowest BCUT2D eigenvalue weighted by Gasteiger charge is -2.30. The third-order valence-electron chi connectivity index (χ3n) is 3.14. The normalized spacial score (nSPS) is 16.0. The molecule has 92 valence electrons. The lowest BCUT2D eigenvalue weighted by Crippen LogP contribution is -2.44. The molecule has 0 aliphatic carbocycles. The molecular formula is C12H18N4O. The van der Waals surface area contributed by atoms with Crippen LogP contribution in [0.5, 0.6) is 0 Å². The van der Waals surface area contributed by atoms with E-state index in [1.807, 2.05) is 19.9 Å². The first-order valence-corrected chi connectivity index (χ1v) is 5.83. The Morgan fingerprint density at radius 3 is 2.65 bits per heavy atom. The molecule has 1 fully saturated rings. The zero-order chi connectivity index (χ0) is 12.4. The Morgan fingerprint density at radius 1 is 1.41 bits per heavy atom. The molecule has 0 bridgehead atoms. The Balaban J connectivity index is 2.42. The standard InChI is InChI=1S/C12H18N4O/c1-8-7-10(16-5-3-14-4-6-16)11(12(13)17)15-9(8)2/h7,14H,3-6H2,1-2H3,(H2,13,17). The third-order valence-corrected chi connectivity index (χ3v) is 3.14. The Hall–Kier alpha value is -1.62. The molecule has 5 heteroatoms. The smallest absolute Gasteiger partial charge is 0.269 e. The topological polar surface area (TPSA) is 71.2 Å². The molecule has 0 aromatic carbocycles. The molecule has 1 saturated heterocycles. The number of aryl methyl sites for hydroxylation is 2. The van der Waals surface area contributed by atoms with E-state index in [1.54, 1.807) is 0 Å². The Morgan fingerprint density at radius 2 is 2.06 bits per heavy atom. The van der Waals surface area contributed by atoms with E-state index in [4.69, 9.17) is 5.73 Å². The fourth-order valence-electron chi connectivity index (χ4n) is 2.02. The summed E-state index contributed by atoms with van der Waals surface area (Å²) in [6, 6.07) is 2.01. The van der Waals surface area contributed by atoms with E-state index in [0.29, 0.717) is 5.69 Å². The average molecular weight is 234 g/mol. The summed E-state index contributed by atoms with van der Waals surface area (Å²) >= 11 is 0. The van der Waals surface area contributed by atoms with Gasteiger partial charge >= 0.3 is 0 Å². The average Bonchev–Trinajstić information content (AvgIpc) is 2.33. The van der Waals surface area contributed by atoms with Crippen LogP contribution in [0.25, 0.3) is 0 Å². The fraction of sp³-hybridized carbons (Fsp3) is 0.500. The SMILES string of the molecule is Cc1cc(N2CCNCC2)c(C(N)=O)nc1C. The number of aromatic nitrogens is 1. The van der Waals surface area contributed by atoms with E-state index in [9.17, 15) is 4.79 Å². The lowest BCUT2D eigenvalue weighted by molar-refractivity contribution is 0.0996. The van der Waals surface area contributed by atoms with Gasteiger partial charge in [0.2, 0.25) is 0 Å². The molecule has 1 aromatic rings. The zero-order valence-electron chi connectivity index (χ0n) is 10.3. The Kier molecular flexibility index (Phi) is 3.28. The summed E-state index contributed by atoms with van der Waals surface area (Å²) in [5.74, 6) is -0.457. The number of hydrogen-bond donors (Lipinski definition) is 2. The van der Waals surface area contributed by atoms with Crippen LogP contribution in [0.1, 0.15) is 21.7 Å². The quantitative estimate of drug-likeness (QED) is 0.767. The molecule has 1 aliphatic heterocycles. The van der Waals surface area contributed by atoms with Gasteiger partial charge in [0.05, 0.1) is 5.69 Å². The van der Waals surface area contributed by atoms with Crippen molar-refractivity contribution in [2.45, 2.75) is 13.8 Å². The number of nitrogens with two attached hydrogens (primary N) is 1. The minimum Gasteiger partial charge on any atom is -0.367 e. The summed E-state index contributed by atoms with van der Waals surface area (Å²) in [5.41, 5.74) is 8.59. The number of amides is 1. The highest BCUT2D eigenvalue weighted by atomic mass is 16.1. The molecule has 0 saturated carbocycles. The van der Waals surface area contributed by atoms with E-state index >= 15 is 0 Å². The van der Waals surface area contributed by atoms with E-state index in [-0.39, 0.29) is 0 Å². The highest BCUT2D eigenvalue weighted by Gasteiger charge is 2.19. The molecule has 5 nitrogen and oxygen atoms in total. The number of piperazine rings is 1. The molecular weight excluding hydrogens is 216 g/mol. The van der Waals surface area contributed by atoms with E-state index in [2.05, 4.69) is 15.2 Å². The van der Waals surface area contributed by atoms with E-state index < -0.39 is 5.91 Å². The van der Waals surface area contributed by atoms with Crippen LogP contribution in [0, 0.1) is 13.8 Å². The number of hydrogen-bond acceptors (Lipinski definition) is 4. The van der Waals surface area contributed by atoms with Gasteiger partial charge < -0.3 is 16.0 Å². The molecule has 0 atom stereocenters. The first kappa shape index (κ1) is 11.9. The number of pyridine rings is 1. The minimum atomic E-state index is -0.457. The predicted molar refractivity (Wildman–Crippen MR) is 67.3 cm³/mol. The van der Waals surface area contributed by atoms with Crippen LogP contribution >= 0.6 is 0 Å². The fourth-order valence-corrected chi connectivity index (χ4v) is 2.02. The Bertz CT molecular complexity index is 438. The molecule has 2 heterocycles. The summed E-state index contributed by atoms with van der Waals surface area (Å²) < 4.78 is 0. The Labute approximate surface area is 101 Å². The van der Waals surface area contributed by atoms with E-state index in [1.165, 1.54) is 0 Å². The second kappa shape index (κ2) is 4.71. The van der Waals surface area contributed by atoms with Crippen molar-refractivity contribution in [1.82, 2.24) is 10.3 Å². The summed E-state index contributed by atoms with van der Waals surface area (Å²) in [6.07, 6.45) is 0. The van der Waals surface area contributed by atoms with Crippen LogP contribution < -0.4 is 16.0 Å². The van der Waals surface area contributed by atoms with Crippen molar-refractivity contribution in [3.8, 4) is 0 Å². The maximum Gasteiger partial charge on any atom is 0.269 e. The van der Waals surface area contributed by atoms with Crippen LogP contribution in [-0.4, -0.2) is 37.1 Å². The van der Waals surface area contributed by atoms with Gasteiger partial charge in [-0.15, -0.1) is 0 Å². The third kappa shape index (κ3) is 2.39. The first-order chi connectivity index (χ1) is 8.09. The van der Waals surface area contributed by atoms with Crippen molar-refractivity contribution in [3.63, 3.8) is 0 Å². The van der Waals surface area contributed by atoms with Crippen molar-refractivity contribution >= 4 is 11.6 Å². The molecule has 3 N–H and O–H groups in total. The molecule has 17 heavy (non-hydrogen) atoms. The highest BCUT2D eigenvalue weighted by Crippen LogP contribution is 2.22. The van der Waals surface area contributed by atoms with Gasteiger partial charge in [-0.2, -0.15) is 0 Å². The van der Waals surface area contributed by atoms with Crippen molar-refractivity contribution in [2.24, 2.45) is 5.73 Å². The van der Waals surface area contributed by atoms with Crippen molar-refractivity contribution in [1.29, 1.82) is 0 Å². The van der Waals surface area contributed by atoms with Gasteiger partial charge in [0, 0.05) is 31.9 Å². The molecule has 0 unspecified atom stereocenters. The molecule has 1 aliphatic rings. The van der Waals surface area contributed by atoms with Crippen molar-refractivity contribution < 1.29 is 4.79 Å². The number of carbonyl (C=O) groups excluding carboxylic acids is 1. The maximum absolute atomic E-state index is 11.4. The minimum absolute atomic E-state index is 0.384. The van der Waals surface area contributed by atoms with Crippen LogP contribution in [0.15, 0.2) is 6.07 Å². The number of primary amides is 1. The van der Waals surface area contributed by atoms with Crippen LogP contribution in [-0.2, 0) is 0 Å². The molecule has 2 rings (SSSR count). The van der Waals surface area contributed by atoms with E-state index in [0.717, 1.165) is 43.1 Å².